The van der Waals surface area contributed by atoms with Crippen LogP contribution in [0.25, 0.3) is 0 Å². The number of hydrogen-bond acceptors (Lipinski definition) is 13. The maximum absolute atomic E-state index is 14.9. The number of benzene rings is 1. The number of allylic oxidation sites excluding steroid dienone is 2. The zero-order valence-electron chi connectivity index (χ0n) is 33.4. The van der Waals surface area contributed by atoms with E-state index in [-0.39, 0.29) is 42.9 Å². The molecule has 312 valence electrons. The van der Waals surface area contributed by atoms with Crippen molar-refractivity contribution in [2.75, 3.05) is 6.61 Å². The number of aliphatic hydroxyl groups is 4. The Bertz CT molecular complexity index is 1790. The molecule has 0 spiro atoms. The molecule has 6 rings (SSSR count). The van der Waals surface area contributed by atoms with Gasteiger partial charge in [0.25, 0.3) is 0 Å². The molecule has 14 heteroatoms. The number of aliphatic hydroxyl groups excluding tert-OH is 3. The van der Waals surface area contributed by atoms with Crippen molar-refractivity contribution in [2.24, 2.45) is 16.7 Å². The molecule has 57 heavy (non-hydrogen) atoms. The van der Waals surface area contributed by atoms with Crippen LogP contribution in [0, 0.1) is 16.7 Å². The highest BCUT2D eigenvalue weighted by molar-refractivity contribution is 5.93. The number of fused-ring (bicyclic) bond motifs is 6. The van der Waals surface area contributed by atoms with Crippen LogP contribution < -0.4 is 5.32 Å². The summed E-state index contributed by atoms with van der Waals surface area (Å²) in [4.78, 5) is 68.9. The minimum atomic E-state index is -2.27. The average Bonchev–Trinajstić information content (AvgIpc) is 3.15. The number of hydrogen-bond donors (Lipinski definition) is 5. The van der Waals surface area contributed by atoms with Gasteiger partial charge >= 0.3 is 17.9 Å². The highest BCUT2D eigenvalue weighted by Crippen LogP contribution is 2.64. The van der Waals surface area contributed by atoms with Gasteiger partial charge in [0.15, 0.2) is 17.5 Å². The minimum Gasteiger partial charge on any atom is -0.459 e. The molecule has 0 radical (unpaired) electrons. The molecule has 1 aromatic carbocycles. The van der Waals surface area contributed by atoms with Gasteiger partial charge in [-0.05, 0) is 69.1 Å². The van der Waals surface area contributed by atoms with Crippen LogP contribution in [0.3, 0.4) is 0 Å². The van der Waals surface area contributed by atoms with E-state index in [2.05, 4.69) is 5.32 Å². The Kier molecular flexibility index (Phi) is 12.2. The van der Waals surface area contributed by atoms with E-state index in [1.807, 2.05) is 12.2 Å². The third kappa shape index (κ3) is 7.48. The Morgan fingerprint density at radius 2 is 1.56 bits per heavy atom. The van der Waals surface area contributed by atoms with Crippen molar-refractivity contribution in [1.82, 2.24) is 5.32 Å². The molecule has 3 aliphatic carbocycles. The van der Waals surface area contributed by atoms with Gasteiger partial charge < -0.3 is 44.7 Å². The third-order valence-corrected chi connectivity index (χ3v) is 13.4. The molecule has 5 N–H and O–H groups in total. The molecule has 11 atom stereocenters. The molecule has 14 nitrogen and oxygen atoms in total. The second-order valence-corrected chi connectivity index (χ2v) is 17.2. The Morgan fingerprint density at radius 1 is 0.912 bits per heavy atom. The van der Waals surface area contributed by atoms with Gasteiger partial charge in [-0.1, -0.05) is 56.3 Å². The lowest BCUT2D eigenvalue weighted by Gasteiger charge is -2.67. The fourth-order valence-electron chi connectivity index (χ4n) is 10.1. The van der Waals surface area contributed by atoms with Gasteiger partial charge in [-0.2, -0.15) is 0 Å². The third-order valence-electron chi connectivity index (χ3n) is 13.4. The number of nitrogens with one attached hydrogen (secondary N) is 1. The first-order valence-electron chi connectivity index (χ1n) is 20.1. The Balaban J connectivity index is 1.50. The van der Waals surface area contributed by atoms with Crippen molar-refractivity contribution >= 4 is 29.6 Å². The molecule has 2 saturated carbocycles. The van der Waals surface area contributed by atoms with E-state index in [0.717, 1.165) is 12.8 Å². The zero-order chi connectivity index (χ0) is 41.5. The predicted octanol–water partition coefficient (Wildman–Crippen LogP) is 3.23. The van der Waals surface area contributed by atoms with Crippen molar-refractivity contribution in [2.45, 2.75) is 153 Å². The fraction of sp³-hybridized carbons (Fsp3) is 0.651. The summed E-state index contributed by atoms with van der Waals surface area (Å²) < 4.78 is 24.2. The van der Waals surface area contributed by atoms with E-state index in [0.29, 0.717) is 31.2 Å². The number of Topliss-reactive ketones (excluding diaryl/α,β-unsaturated/α-hetero) is 1. The quantitative estimate of drug-likeness (QED) is 0.165. The van der Waals surface area contributed by atoms with Gasteiger partial charge in [-0.25, -0.2) is 4.79 Å². The van der Waals surface area contributed by atoms with Crippen molar-refractivity contribution in [1.29, 1.82) is 0 Å². The molecule has 1 amide bonds. The molecule has 1 saturated heterocycles. The predicted molar refractivity (Wildman–Crippen MR) is 203 cm³/mol. The monoisotopic (exact) mass is 795 g/mol. The molecule has 1 unspecified atom stereocenters. The van der Waals surface area contributed by atoms with Crippen LogP contribution in [0.2, 0.25) is 0 Å². The zero-order valence-corrected chi connectivity index (χ0v) is 33.4. The summed E-state index contributed by atoms with van der Waals surface area (Å²) in [5.74, 6) is -5.29. The lowest BCUT2D eigenvalue weighted by molar-refractivity contribution is -0.347. The summed E-state index contributed by atoms with van der Waals surface area (Å²) in [6.45, 7) is 7.07. The van der Waals surface area contributed by atoms with Crippen LogP contribution in [-0.2, 0) is 42.9 Å². The second kappa shape index (κ2) is 16.4. The number of amides is 1. The van der Waals surface area contributed by atoms with Gasteiger partial charge in [0.1, 0.15) is 30.0 Å². The summed E-state index contributed by atoms with van der Waals surface area (Å²) >= 11 is 0. The average molecular weight is 796 g/mol. The number of carbonyl (C=O) groups is 5. The lowest BCUT2D eigenvalue weighted by atomic mass is 9.44. The molecule has 0 aromatic heterocycles. The van der Waals surface area contributed by atoms with Crippen molar-refractivity contribution < 1.29 is 63.3 Å². The van der Waals surface area contributed by atoms with Crippen LogP contribution in [0.5, 0.6) is 0 Å². The van der Waals surface area contributed by atoms with E-state index in [4.69, 9.17) is 18.9 Å². The second-order valence-electron chi connectivity index (χ2n) is 17.2. The van der Waals surface area contributed by atoms with Gasteiger partial charge in [0.05, 0.1) is 30.1 Å². The maximum Gasteiger partial charge on any atom is 0.338 e. The summed E-state index contributed by atoms with van der Waals surface area (Å²) in [5.41, 5.74) is -6.81. The highest BCUT2D eigenvalue weighted by Gasteiger charge is 2.78. The van der Waals surface area contributed by atoms with Crippen LogP contribution >= 0.6 is 0 Å². The van der Waals surface area contributed by atoms with Gasteiger partial charge in [-0.3, -0.25) is 19.2 Å². The van der Waals surface area contributed by atoms with Crippen molar-refractivity contribution in [3.05, 3.63) is 59.2 Å². The maximum atomic E-state index is 14.9. The van der Waals surface area contributed by atoms with E-state index in [1.54, 1.807) is 51.1 Å². The number of ether oxygens (including phenoxy) is 4. The van der Waals surface area contributed by atoms with Crippen molar-refractivity contribution in [3.8, 4) is 0 Å². The minimum absolute atomic E-state index is 0.0101. The highest BCUT2D eigenvalue weighted by atomic mass is 16.6. The molecular formula is C43H57NO13. The number of ketones is 1. The molecule has 1 aromatic rings. The Labute approximate surface area is 333 Å². The first-order chi connectivity index (χ1) is 26.9. The number of rotatable bonds is 2. The molecule has 2 heterocycles. The largest absolute Gasteiger partial charge is 0.459 e. The fourth-order valence-corrected chi connectivity index (χ4v) is 10.1. The molecule has 3 fully saturated rings. The number of carbonyl (C=O) groups excluding carboxylic acids is 5. The van der Waals surface area contributed by atoms with Gasteiger partial charge in [0, 0.05) is 38.0 Å². The summed E-state index contributed by atoms with van der Waals surface area (Å²) in [7, 11) is 0. The molecule has 2 aliphatic heterocycles. The van der Waals surface area contributed by atoms with E-state index in [1.165, 1.54) is 13.8 Å². The van der Waals surface area contributed by atoms with E-state index in [9.17, 15) is 44.4 Å². The van der Waals surface area contributed by atoms with Crippen LogP contribution in [-0.4, -0.2) is 104 Å². The Morgan fingerprint density at radius 3 is 2.18 bits per heavy atom. The smallest absolute Gasteiger partial charge is 0.338 e. The van der Waals surface area contributed by atoms with Crippen LogP contribution in [0.4, 0.5) is 0 Å². The summed E-state index contributed by atoms with van der Waals surface area (Å²) in [6.07, 6.45) is -2.13. The van der Waals surface area contributed by atoms with E-state index >= 15 is 0 Å². The van der Waals surface area contributed by atoms with Crippen molar-refractivity contribution in [3.63, 3.8) is 0 Å². The van der Waals surface area contributed by atoms with Crippen LogP contribution in [0.15, 0.2) is 53.6 Å². The summed E-state index contributed by atoms with van der Waals surface area (Å²) in [6, 6.07) is 7.24. The molecule has 5 aliphatic rings. The SMILES string of the molecule is CC(=O)O[C@@]12CO[C@@H]1C[C@H](O)[C@@]1(C)C(=O)[C@H](O)C3=C(C)[C@@H]4C[C@@](O)([C@@H](OC(=O)CCCC/C=C\CCCCC(=O)N[C@@H](c5ccccc5)[C@@H](O)C(=O)O4)C12)C3(C)C. The first kappa shape index (κ1) is 42.7. The molecule has 3 bridgehead atoms. The summed E-state index contributed by atoms with van der Waals surface area (Å²) in [5, 5.41) is 51.8. The normalized spacial score (nSPS) is 39.9. The van der Waals surface area contributed by atoms with Gasteiger partial charge in [-0.15, -0.1) is 0 Å². The number of esters is 3. The standard InChI is InChI=1S/C43H57NO13/c1-24-27-22-43(53)38(36-41(5,37(51)34(49)32(24)40(43,3)4)28(46)21-29-42(36,23-54-29)57-25(2)45)56-31(48)20-16-11-9-7-6-8-10-15-19-30(47)44-33(35(50)39(52)55-27)26-17-13-12-14-18-26/h6-7,12-14,17-18,27-29,33-36,38,46,49-50,53H,8-11,15-16,19-23H2,1-5H3,(H,44,47)/b7-6-/t27-,28-,29+,33-,34+,35+,36?,38-,41+,42-,43+/m0/s1. The van der Waals surface area contributed by atoms with E-state index < -0.39 is 101 Å². The lowest BCUT2D eigenvalue weighted by Crippen LogP contribution is -2.81. The topological polar surface area (TPSA) is 215 Å². The van der Waals surface area contributed by atoms with Gasteiger partial charge in [0.2, 0.25) is 5.91 Å². The Hall–Kier alpha value is -3.95. The molecular weight excluding hydrogens is 738 g/mol. The van der Waals surface area contributed by atoms with Crippen LogP contribution in [0.1, 0.15) is 110 Å². The first-order valence-corrected chi connectivity index (χ1v) is 20.1.